The van der Waals surface area contributed by atoms with Gasteiger partial charge in [0.25, 0.3) is 5.91 Å². The first kappa shape index (κ1) is 13.8. The van der Waals surface area contributed by atoms with Crippen molar-refractivity contribution in [1.82, 2.24) is 5.32 Å². The summed E-state index contributed by atoms with van der Waals surface area (Å²) < 4.78 is 0. The Labute approximate surface area is 109 Å². The summed E-state index contributed by atoms with van der Waals surface area (Å²) in [6.45, 7) is 2.55. The zero-order chi connectivity index (χ0) is 12.8. The minimum Gasteiger partial charge on any atom is -0.507 e. The lowest BCUT2D eigenvalue weighted by Crippen LogP contribution is -2.24. The van der Waals surface area contributed by atoms with Crippen LogP contribution >= 0.6 is 15.9 Å². The van der Waals surface area contributed by atoms with Gasteiger partial charge in [0.2, 0.25) is 0 Å². The summed E-state index contributed by atoms with van der Waals surface area (Å²) in [4.78, 5) is 12.1. The van der Waals surface area contributed by atoms with Crippen LogP contribution < -0.4 is 5.32 Å². The Balaban J connectivity index is 2.53. The predicted molar refractivity (Wildman–Crippen MR) is 69.7 cm³/mol. The lowest BCUT2D eigenvalue weighted by atomic mass is 10.1. The van der Waals surface area contributed by atoms with Gasteiger partial charge in [-0.05, 0) is 25.0 Å². The number of hydrogen-bond donors (Lipinski definition) is 3. The van der Waals surface area contributed by atoms with Crippen molar-refractivity contribution in [3.63, 3.8) is 0 Å². The molecule has 5 heteroatoms. The van der Waals surface area contributed by atoms with Gasteiger partial charge in [-0.1, -0.05) is 28.9 Å². The first-order chi connectivity index (χ1) is 8.02. The number of halogens is 1. The molecule has 0 saturated carbocycles. The van der Waals surface area contributed by atoms with Crippen LogP contribution in [-0.4, -0.2) is 27.5 Å². The van der Waals surface area contributed by atoms with Crippen molar-refractivity contribution < 1.29 is 15.0 Å². The molecule has 0 heterocycles. The van der Waals surface area contributed by atoms with Crippen LogP contribution in [0.4, 0.5) is 0 Å². The molecule has 0 spiro atoms. The number of amides is 1. The van der Waals surface area contributed by atoms with Gasteiger partial charge in [-0.3, -0.25) is 4.79 Å². The van der Waals surface area contributed by atoms with E-state index >= 15 is 0 Å². The lowest BCUT2D eigenvalue weighted by molar-refractivity contribution is 0.0947. The fourth-order valence-electron chi connectivity index (χ4n) is 1.43. The second-order valence-corrected chi connectivity index (χ2v) is 5.41. The topological polar surface area (TPSA) is 69.6 Å². The van der Waals surface area contributed by atoms with E-state index in [-0.39, 0.29) is 17.1 Å². The molecule has 1 amide bonds. The maximum atomic E-state index is 11.7. The molecular formula is C12H16BrNO3. The van der Waals surface area contributed by atoms with Gasteiger partial charge in [-0.2, -0.15) is 0 Å². The third kappa shape index (κ3) is 4.26. The van der Waals surface area contributed by atoms with Crippen molar-refractivity contribution in [3.8, 4) is 11.5 Å². The van der Waals surface area contributed by atoms with Crippen LogP contribution in [0.3, 0.4) is 0 Å². The summed E-state index contributed by atoms with van der Waals surface area (Å²) in [6.07, 6.45) is 1.79. The zero-order valence-electron chi connectivity index (χ0n) is 9.61. The molecule has 4 nitrogen and oxygen atoms in total. The predicted octanol–water partition coefficient (Wildman–Crippen LogP) is 2.39. The molecule has 0 aliphatic heterocycles. The van der Waals surface area contributed by atoms with Crippen LogP contribution in [0, 0.1) is 0 Å². The zero-order valence-corrected chi connectivity index (χ0v) is 11.2. The number of hydrogen-bond acceptors (Lipinski definition) is 3. The van der Waals surface area contributed by atoms with Crippen molar-refractivity contribution in [1.29, 1.82) is 0 Å². The number of phenolic OH excluding ortho intramolecular Hbond substituents is 2. The molecule has 1 aromatic rings. The highest BCUT2D eigenvalue weighted by atomic mass is 79.9. The van der Waals surface area contributed by atoms with E-state index in [0.29, 0.717) is 11.4 Å². The molecule has 1 rings (SSSR count). The van der Waals surface area contributed by atoms with E-state index < -0.39 is 5.91 Å². The number of carbonyl (C=O) groups is 1. The first-order valence-corrected chi connectivity index (χ1v) is 6.37. The number of benzene rings is 1. The van der Waals surface area contributed by atoms with E-state index in [9.17, 15) is 15.0 Å². The number of phenols is 2. The van der Waals surface area contributed by atoms with Crippen molar-refractivity contribution in [3.05, 3.63) is 23.8 Å². The highest BCUT2D eigenvalue weighted by Crippen LogP contribution is 2.25. The second-order valence-electron chi connectivity index (χ2n) is 3.85. The maximum Gasteiger partial charge on any atom is 0.258 e. The second kappa shape index (κ2) is 6.49. The molecule has 0 aliphatic carbocycles. The fourth-order valence-corrected chi connectivity index (χ4v) is 1.76. The summed E-state index contributed by atoms with van der Waals surface area (Å²) in [5.74, 6) is -0.879. The maximum absolute atomic E-state index is 11.7. The SMILES string of the molecule is CC(Br)CCCNC(=O)c1c(O)cccc1O. The number of alkyl halides is 1. The molecule has 0 aliphatic rings. The smallest absolute Gasteiger partial charge is 0.258 e. The standard InChI is InChI=1S/C12H16BrNO3/c1-8(13)4-3-7-14-12(17)11-9(15)5-2-6-10(11)16/h2,5-6,8,15-16H,3-4,7H2,1H3,(H,14,17). The molecular weight excluding hydrogens is 286 g/mol. The average molecular weight is 302 g/mol. The van der Waals surface area contributed by atoms with Crippen molar-refractivity contribution in [2.75, 3.05) is 6.54 Å². The lowest BCUT2D eigenvalue weighted by Gasteiger charge is -2.08. The van der Waals surface area contributed by atoms with E-state index in [1.165, 1.54) is 18.2 Å². The molecule has 1 unspecified atom stereocenters. The third-order valence-corrected chi connectivity index (χ3v) is 2.77. The van der Waals surface area contributed by atoms with Crippen molar-refractivity contribution >= 4 is 21.8 Å². The van der Waals surface area contributed by atoms with Gasteiger partial charge in [0.15, 0.2) is 0 Å². The Morgan fingerprint density at radius 3 is 2.53 bits per heavy atom. The summed E-state index contributed by atoms with van der Waals surface area (Å²) in [5, 5.41) is 21.6. The molecule has 3 N–H and O–H groups in total. The van der Waals surface area contributed by atoms with Gasteiger partial charge < -0.3 is 15.5 Å². The Kier molecular flexibility index (Phi) is 5.28. The monoisotopic (exact) mass is 301 g/mol. The van der Waals surface area contributed by atoms with Crippen LogP contribution in [0.15, 0.2) is 18.2 Å². The van der Waals surface area contributed by atoms with Gasteiger partial charge in [0, 0.05) is 11.4 Å². The summed E-state index contributed by atoms with van der Waals surface area (Å²) >= 11 is 3.42. The summed E-state index contributed by atoms with van der Waals surface area (Å²) in [5.41, 5.74) is -0.0700. The van der Waals surface area contributed by atoms with Gasteiger partial charge in [0.05, 0.1) is 0 Å². The minimum atomic E-state index is -0.456. The van der Waals surface area contributed by atoms with E-state index in [4.69, 9.17) is 0 Å². The fraction of sp³-hybridized carbons (Fsp3) is 0.417. The van der Waals surface area contributed by atoms with Crippen LogP contribution in [0.25, 0.3) is 0 Å². The normalized spacial score (nSPS) is 12.1. The molecule has 0 saturated heterocycles. The van der Waals surface area contributed by atoms with Crippen LogP contribution in [0.5, 0.6) is 11.5 Å². The quantitative estimate of drug-likeness (QED) is 0.578. The summed E-state index contributed by atoms with van der Waals surface area (Å²) in [6, 6.07) is 4.22. The van der Waals surface area contributed by atoms with Gasteiger partial charge in [-0.15, -0.1) is 0 Å². The minimum absolute atomic E-state index is 0.0700. The molecule has 17 heavy (non-hydrogen) atoms. The Morgan fingerprint density at radius 2 is 2.00 bits per heavy atom. The molecule has 0 bridgehead atoms. The average Bonchev–Trinajstić information content (AvgIpc) is 2.24. The number of nitrogens with one attached hydrogen (secondary N) is 1. The Morgan fingerprint density at radius 1 is 1.41 bits per heavy atom. The van der Waals surface area contributed by atoms with Crippen LogP contribution in [0.2, 0.25) is 0 Å². The summed E-state index contributed by atoms with van der Waals surface area (Å²) in [7, 11) is 0. The Bertz CT molecular complexity index is 373. The molecule has 1 atom stereocenters. The van der Waals surface area contributed by atoms with E-state index in [0.717, 1.165) is 12.8 Å². The largest absolute Gasteiger partial charge is 0.507 e. The van der Waals surface area contributed by atoms with E-state index in [1.54, 1.807) is 0 Å². The van der Waals surface area contributed by atoms with Crippen LogP contribution in [-0.2, 0) is 0 Å². The molecule has 1 aromatic carbocycles. The van der Waals surface area contributed by atoms with Gasteiger partial charge in [-0.25, -0.2) is 0 Å². The molecule has 0 fully saturated rings. The molecule has 94 valence electrons. The third-order valence-electron chi connectivity index (χ3n) is 2.31. The number of aromatic hydroxyl groups is 2. The van der Waals surface area contributed by atoms with Crippen molar-refractivity contribution in [2.45, 2.75) is 24.6 Å². The van der Waals surface area contributed by atoms with Crippen molar-refractivity contribution in [2.24, 2.45) is 0 Å². The van der Waals surface area contributed by atoms with E-state index in [1.807, 2.05) is 6.92 Å². The van der Waals surface area contributed by atoms with Gasteiger partial charge in [0.1, 0.15) is 17.1 Å². The molecule has 0 radical (unpaired) electrons. The number of carbonyl (C=O) groups excluding carboxylic acids is 1. The van der Waals surface area contributed by atoms with Crippen LogP contribution in [0.1, 0.15) is 30.1 Å². The highest BCUT2D eigenvalue weighted by Gasteiger charge is 2.15. The van der Waals surface area contributed by atoms with Gasteiger partial charge >= 0.3 is 0 Å². The Hall–Kier alpha value is -1.23. The highest BCUT2D eigenvalue weighted by molar-refractivity contribution is 9.09. The first-order valence-electron chi connectivity index (χ1n) is 5.45. The number of rotatable bonds is 5. The van der Waals surface area contributed by atoms with E-state index in [2.05, 4.69) is 21.2 Å². The molecule has 0 aromatic heterocycles.